The number of nitrogens with zero attached hydrogens (tertiary/aromatic N) is 2. The molecule has 10 heavy (non-hydrogen) atoms. The molecule has 0 amide bonds. The molecule has 0 spiro atoms. The van der Waals surface area contributed by atoms with Crippen molar-refractivity contribution in [2.24, 2.45) is 5.73 Å². The molecule has 0 bridgehead atoms. The van der Waals surface area contributed by atoms with Crippen LogP contribution in [0.3, 0.4) is 0 Å². The van der Waals surface area contributed by atoms with Gasteiger partial charge in [-0.2, -0.15) is 0 Å². The molecule has 0 fully saturated rings. The molecule has 0 unspecified atom stereocenters. The molecule has 0 radical (unpaired) electrons. The zero-order valence-corrected chi connectivity index (χ0v) is 5.99. The Morgan fingerprint density at radius 3 is 3.00 bits per heavy atom. The molecular formula is C7H11N3. The third kappa shape index (κ3) is 2.11. The molecule has 0 aromatic carbocycles. The molecule has 0 aliphatic carbocycles. The second-order valence-electron chi connectivity index (χ2n) is 2.38. The van der Waals surface area contributed by atoms with E-state index in [9.17, 15) is 0 Å². The van der Waals surface area contributed by atoms with Crippen LogP contribution in [0.15, 0.2) is 18.6 Å². The van der Waals surface area contributed by atoms with E-state index >= 15 is 0 Å². The monoisotopic (exact) mass is 137 g/mol. The van der Waals surface area contributed by atoms with E-state index in [1.807, 2.05) is 13.0 Å². The maximum absolute atomic E-state index is 5.56. The zero-order valence-electron chi connectivity index (χ0n) is 5.99. The second kappa shape index (κ2) is 3.27. The summed E-state index contributed by atoms with van der Waals surface area (Å²) in [5, 5.41) is 0. The SMILES string of the molecule is C[C@@H](N)Cc1ccncn1. The lowest BCUT2D eigenvalue weighted by Gasteiger charge is -2.01. The van der Waals surface area contributed by atoms with Crippen LogP contribution in [0.2, 0.25) is 0 Å². The number of hydrogen-bond acceptors (Lipinski definition) is 3. The average molecular weight is 137 g/mol. The van der Waals surface area contributed by atoms with Gasteiger partial charge >= 0.3 is 0 Å². The summed E-state index contributed by atoms with van der Waals surface area (Å²) < 4.78 is 0. The van der Waals surface area contributed by atoms with Crippen LogP contribution in [0.1, 0.15) is 12.6 Å². The summed E-state index contributed by atoms with van der Waals surface area (Å²) in [5.74, 6) is 0. The molecule has 1 rings (SSSR count). The minimum Gasteiger partial charge on any atom is -0.328 e. The van der Waals surface area contributed by atoms with Gasteiger partial charge < -0.3 is 5.73 Å². The van der Waals surface area contributed by atoms with Crippen molar-refractivity contribution in [2.75, 3.05) is 0 Å². The van der Waals surface area contributed by atoms with Crippen molar-refractivity contribution in [3.05, 3.63) is 24.3 Å². The fraction of sp³-hybridized carbons (Fsp3) is 0.429. The van der Waals surface area contributed by atoms with Gasteiger partial charge in [-0.05, 0) is 13.0 Å². The average Bonchev–Trinajstić information content (AvgIpc) is 1.88. The van der Waals surface area contributed by atoms with E-state index in [0.29, 0.717) is 0 Å². The Hall–Kier alpha value is -0.960. The van der Waals surface area contributed by atoms with E-state index in [2.05, 4.69) is 9.97 Å². The maximum atomic E-state index is 5.56. The Morgan fingerprint density at radius 1 is 1.70 bits per heavy atom. The van der Waals surface area contributed by atoms with E-state index in [0.717, 1.165) is 12.1 Å². The molecule has 1 aromatic heterocycles. The third-order valence-corrected chi connectivity index (χ3v) is 1.17. The van der Waals surface area contributed by atoms with Crippen molar-refractivity contribution in [2.45, 2.75) is 19.4 Å². The smallest absolute Gasteiger partial charge is 0.115 e. The fourth-order valence-corrected chi connectivity index (χ4v) is 0.769. The lowest BCUT2D eigenvalue weighted by atomic mass is 10.2. The molecule has 0 aliphatic heterocycles. The fourth-order valence-electron chi connectivity index (χ4n) is 0.769. The van der Waals surface area contributed by atoms with Crippen LogP contribution in [0.5, 0.6) is 0 Å². The summed E-state index contributed by atoms with van der Waals surface area (Å²) in [7, 11) is 0. The normalized spacial score (nSPS) is 13.0. The van der Waals surface area contributed by atoms with Gasteiger partial charge in [-0.3, -0.25) is 0 Å². The number of hydrogen-bond donors (Lipinski definition) is 1. The van der Waals surface area contributed by atoms with Crippen LogP contribution in [-0.4, -0.2) is 16.0 Å². The van der Waals surface area contributed by atoms with E-state index < -0.39 is 0 Å². The summed E-state index contributed by atoms with van der Waals surface area (Å²) in [4.78, 5) is 7.83. The van der Waals surface area contributed by atoms with Crippen molar-refractivity contribution in [1.29, 1.82) is 0 Å². The predicted molar refractivity (Wildman–Crippen MR) is 39.4 cm³/mol. The van der Waals surface area contributed by atoms with Gasteiger partial charge in [-0.25, -0.2) is 9.97 Å². The van der Waals surface area contributed by atoms with Gasteiger partial charge in [0.05, 0.1) is 0 Å². The van der Waals surface area contributed by atoms with Crippen molar-refractivity contribution < 1.29 is 0 Å². The molecule has 3 heteroatoms. The summed E-state index contributed by atoms with van der Waals surface area (Å²) in [5.41, 5.74) is 6.57. The second-order valence-corrected chi connectivity index (χ2v) is 2.38. The highest BCUT2D eigenvalue weighted by Gasteiger charge is 1.96. The van der Waals surface area contributed by atoms with Crippen LogP contribution in [0, 0.1) is 0 Å². The van der Waals surface area contributed by atoms with Crippen molar-refractivity contribution in [1.82, 2.24) is 9.97 Å². The molecule has 1 atom stereocenters. The Labute approximate surface area is 60.3 Å². The molecule has 0 saturated carbocycles. The summed E-state index contributed by atoms with van der Waals surface area (Å²) in [6, 6.07) is 2.05. The van der Waals surface area contributed by atoms with Gasteiger partial charge in [0.2, 0.25) is 0 Å². The van der Waals surface area contributed by atoms with E-state index in [4.69, 9.17) is 5.73 Å². The van der Waals surface area contributed by atoms with E-state index in [-0.39, 0.29) is 6.04 Å². The van der Waals surface area contributed by atoms with E-state index in [1.165, 1.54) is 6.33 Å². The van der Waals surface area contributed by atoms with Crippen molar-refractivity contribution in [3.8, 4) is 0 Å². The zero-order chi connectivity index (χ0) is 7.40. The van der Waals surface area contributed by atoms with Crippen LogP contribution in [0.4, 0.5) is 0 Å². The van der Waals surface area contributed by atoms with E-state index in [1.54, 1.807) is 6.20 Å². The highest BCUT2D eigenvalue weighted by molar-refractivity contribution is 4.99. The van der Waals surface area contributed by atoms with Crippen molar-refractivity contribution in [3.63, 3.8) is 0 Å². The Kier molecular flexibility index (Phi) is 2.34. The Balaban J connectivity index is 2.59. The Bertz CT molecular complexity index is 183. The highest BCUT2D eigenvalue weighted by atomic mass is 14.8. The van der Waals surface area contributed by atoms with Gasteiger partial charge in [0.15, 0.2) is 0 Å². The first-order valence-electron chi connectivity index (χ1n) is 3.29. The number of nitrogens with two attached hydrogens (primary N) is 1. The third-order valence-electron chi connectivity index (χ3n) is 1.17. The van der Waals surface area contributed by atoms with Gasteiger partial charge in [0.25, 0.3) is 0 Å². The molecular weight excluding hydrogens is 126 g/mol. The van der Waals surface area contributed by atoms with Crippen LogP contribution in [-0.2, 0) is 6.42 Å². The van der Waals surface area contributed by atoms with Crippen LogP contribution >= 0.6 is 0 Å². The van der Waals surface area contributed by atoms with Gasteiger partial charge in [0.1, 0.15) is 6.33 Å². The lowest BCUT2D eigenvalue weighted by Crippen LogP contribution is -2.18. The first-order valence-corrected chi connectivity index (χ1v) is 3.29. The molecule has 1 aromatic rings. The number of rotatable bonds is 2. The quantitative estimate of drug-likeness (QED) is 0.640. The van der Waals surface area contributed by atoms with Crippen LogP contribution < -0.4 is 5.73 Å². The van der Waals surface area contributed by atoms with Gasteiger partial charge in [-0.15, -0.1) is 0 Å². The van der Waals surface area contributed by atoms with Crippen LogP contribution in [0.25, 0.3) is 0 Å². The Morgan fingerprint density at radius 2 is 2.50 bits per heavy atom. The minimum atomic E-state index is 0.176. The molecule has 2 N–H and O–H groups in total. The molecule has 0 aliphatic rings. The van der Waals surface area contributed by atoms with Gasteiger partial charge in [0, 0.05) is 24.4 Å². The van der Waals surface area contributed by atoms with Crippen molar-refractivity contribution >= 4 is 0 Å². The molecule has 54 valence electrons. The predicted octanol–water partition coefficient (Wildman–Crippen LogP) is 0.366. The highest BCUT2D eigenvalue weighted by Crippen LogP contribution is 1.94. The van der Waals surface area contributed by atoms with Gasteiger partial charge in [-0.1, -0.05) is 0 Å². The topological polar surface area (TPSA) is 51.8 Å². The molecule has 3 nitrogen and oxygen atoms in total. The lowest BCUT2D eigenvalue weighted by molar-refractivity contribution is 0.719. The molecule has 0 saturated heterocycles. The first-order chi connectivity index (χ1) is 4.79. The summed E-state index contributed by atoms with van der Waals surface area (Å²) in [6.07, 6.45) is 4.09. The standard InChI is InChI=1S/C7H11N3/c1-6(8)4-7-2-3-9-5-10-7/h2-3,5-6H,4,8H2,1H3/t6-/m1/s1. The number of aromatic nitrogens is 2. The largest absolute Gasteiger partial charge is 0.328 e. The minimum absolute atomic E-state index is 0.176. The summed E-state index contributed by atoms with van der Waals surface area (Å²) >= 11 is 0. The summed E-state index contributed by atoms with van der Waals surface area (Å²) in [6.45, 7) is 1.96. The maximum Gasteiger partial charge on any atom is 0.115 e. The molecule has 1 heterocycles. The first kappa shape index (κ1) is 7.15.